The Bertz CT molecular complexity index is 802. The lowest BCUT2D eigenvalue weighted by Crippen LogP contribution is -1.94. The highest BCUT2D eigenvalue weighted by Crippen LogP contribution is 2.31. The number of nitrogens with zero attached hydrogens (tertiary/aromatic N) is 3. The number of nitro benzene ring substituents is 1. The fraction of sp³-hybridized carbons (Fsp3) is 0.214. The molecule has 0 aliphatic heterocycles. The van der Waals surface area contributed by atoms with E-state index in [1.54, 1.807) is 12.1 Å². The van der Waals surface area contributed by atoms with Gasteiger partial charge in [-0.05, 0) is 24.6 Å². The number of rotatable bonds is 7. The van der Waals surface area contributed by atoms with Crippen molar-refractivity contribution in [1.29, 1.82) is 0 Å². The lowest BCUT2D eigenvalue weighted by atomic mass is 10.1. The van der Waals surface area contributed by atoms with Crippen LogP contribution in [0.4, 0.5) is 11.4 Å². The third-order valence-electron chi connectivity index (χ3n) is 3.00. The number of hydrogen-bond acceptors (Lipinski definition) is 8. The van der Waals surface area contributed by atoms with Gasteiger partial charge in [0.05, 0.1) is 21.3 Å². The third kappa shape index (κ3) is 3.97. The summed E-state index contributed by atoms with van der Waals surface area (Å²) in [6.45, 7) is 1.37. The Morgan fingerprint density at radius 1 is 1.29 bits per heavy atom. The van der Waals surface area contributed by atoms with Crippen LogP contribution in [0.5, 0.6) is 0 Å². The standard InChI is InChI=1S/C14H13N3O6S/c1-9-14(17(21)22)12(23-15-9)4-2-10-3-5-13(24-7-6-18)11(8-10)16(19)20/h2-5,8,18H,6-7H2,1H3/b4-2+. The number of thioether (sulfide) groups is 1. The average Bonchev–Trinajstić information content (AvgIpc) is 2.92. The van der Waals surface area contributed by atoms with Crippen LogP contribution in [0.15, 0.2) is 27.6 Å². The fourth-order valence-corrected chi connectivity index (χ4v) is 2.70. The second kappa shape index (κ2) is 7.70. The van der Waals surface area contributed by atoms with Crippen molar-refractivity contribution in [3.8, 4) is 0 Å². The molecular weight excluding hydrogens is 338 g/mol. The highest BCUT2D eigenvalue weighted by Gasteiger charge is 2.22. The predicted octanol–water partition coefficient (Wildman–Crippen LogP) is 3.05. The molecule has 24 heavy (non-hydrogen) atoms. The molecule has 1 N–H and O–H groups in total. The van der Waals surface area contributed by atoms with Gasteiger partial charge in [0.2, 0.25) is 5.76 Å². The number of aliphatic hydroxyl groups is 1. The van der Waals surface area contributed by atoms with Gasteiger partial charge in [-0.25, -0.2) is 0 Å². The second-order valence-electron chi connectivity index (χ2n) is 4.63. The number of aryl methyl sites for hydroxylation is 1. The van der Waals surface area contributed by atoms with Gasteiger partial charge in [-0.3, -0.25) is 20.2 Å². The van der Waals surface area contributed by atoms with Gasteiger partial charge in [-0.1, -0.05) is 17.3 Å². The summed E-state index contributed by atoms with van der Waals surface area (Å²) in [5, 5.41) is 34.5. The van der Waals surface area contributed by atoms with E-state index in [0.29, 0.717) is 16.2 Å². The lowest BCUT2D eigenvalue weighted by molar-refractivity contribution is -0.387. The molecule has 1 aromatic heterocycles. The van der Waals surface area contributed by atoms with E-state index in [9.17, 15) is 20.2 Å². The molecule has 2 rings (SSSR count). The Kier molecular flexibility index (Phi) is 5.66. The first-order chi connectivity index (χ1) is 11.4. The maximum absolute atomic E-state index is 11.1. The summed E-state index contributed by atoms with van der Waals surface area (Å²) >= 11 is 1.17. The van der Waals surface area contributed by atoms with E-state index in [-0.39, 0.29) is 29.4 Å². The number of aromatic nitrogens is 1. The first-order valence-electron chi connectivity index (χ1n) is 6.75. The van der Waals surface area contributed by atoms with Gasteiger partial charge in [0.25, 0.3) is 5.69 Å². The van der Waals surface area contributed by atoms with Crippen molar-refractivity contribution in [1.82, 2.24) is 5.16 Å². The van der Waals surface area contributed by atoms with Crippen LogP contribution in [-0.2, 0) is 0 Å². The van der Waals surface area contributed by atoms with Gasteiger partial charge in [-0.2, -0.15) is 0 Å². The van der Waals surface area contributed by atoms with E-state index in [1.165, 1.54) is 36.9 Å². The summed E-state index contributed by atoms with van der Waals surface area (Å²) in [6, 6.07) is 4.56. The van der Waals surface area contributed by atoms with Crippen molar-refractivity contribution >= 4 is 35.3 Å². The van der Waals surface area contributed by atoms with E-state index in [2.05, 4.69) is 5.16 Å². The molecule has 1 aromatic carbocycles. The van der Waals surface area contributed by atoms with E-state index >= 15 is 0 Å². The molecule has 0 spiro atoms. The molecule has 10 heteroatoms. The fourth-order valence-electron chi connectivity index (χ4n) is 1.94. The summed E-state index contributed by atoms with van der Waals surface area (Å²) in [7, 11) is 0. The van der Waals surface area contributed by atoms with Gasteiger partial charge in [0.1, 0.15) is 0 Å². The Hall–Kier alpha value is -2.72. The van der Waals surface area contributed by atoms with Crippen molar-refractivity contribution in [2.24, 2.45) is 0 Å². The molecule has 1 heterocycles. The minimum atomic E-state index is -0.595. The maximum Gasteiger partial charge on any atom is 0.338 e. The van der Waals surface area contributed by atoms with Gasteiger partial charge >= 0.3 is 5.69 Å². The first-order valence-corrected chi connectivity index (χ1v) is 7.73. The van der Waals surface area contributed by atoms with Crippen LogP contribution in [0.3, 0.4) is 0 Å². The molecule has 0 bridgehead atoms. The minimum Gasteiger partial charge on any atom is -0.396 e. The van der Waals surface area contributed by atoms with Gasteiger partial charge in [0, 0.05) is 11.8 Å². The van der Waals surface area contributed by atoms with Crippen LogP contribution < -0.4 is 0 Å². The van der Waals surface area contributed by atoms with Crippen molar-refractivity contribution in [2.45, 2.75) is 11.8 Å². The summed E-state index contributed by atoms with van der Waals surface area (Å²) in [6.07, 6.45) is 2.82. The van der Waals surface area contributed by atoms with Crippen molar-refractivity contribution in [3.05, 3.63) is 55.4 Å². The summed E-state index contributed by atoms with van der Waals surface area (Å²) in [4.78, 5) is 21.4. The van der Waals surface area contributed by atoms with Crippen molar-refractivity contribution in [2.75, 3.05) is 12.4 Å². The van der Waals surface area contributed by atoms with Crippen LogP contribution in [-0.4, -0.2) is 32.5 Å². The Balaban J connectivity index is 2.32. The molecule has 0 saturated heterocycles. The van der Waals surface area contributed by atoms with E-state index in [1.807, 2.05) is 0 Å². The molecule has 0 aliphatic carbocycles. The van der Waals surface area contributed by atoms with Crippen molar-refractivity contribution in [3.63, 3.8) is 0 Å². The summed E-state index contributed by atoms with van der Waals surface area (Å²) < 4.78 is 4.89. The van der Waals surface area contributed by atoms with Gasteiger partial charge in [-0.15, -0.1) is 11.8 Å². The van der Waals surface area contributed by atoms with Crippen LogP contribution in [0.25, 0.3) is 12.2 Å². The number of nitro groups is 2. The van der Waals surface area contributed by atoms with E-state index < -0.39 is 9.85 Å². The zero-order chi connectivity index (χ0) is 17.7. The third-order valence-corrected chi connectivity index (χ3v) is 4.04. The van der Waals surface area contributed by atoms with Crippen molar-refractivity contribution < 1.29 is 19.5 Å². The molecule has 0 atom stereocenters. The SMILES string of the molecule is Cc1noc(/C=C/c2ccc(SCCO)c([N+](=O)[O-])c2)c1[N+](=O)[O-]. The largest absolute Gasteiger partial charge is 0.396 e. The second-order valence-corrected chi connectivity index (χ2v) is 5.76. The topological polar surface area (TPSA) is 133 Å². The molecule has 0 fully saturated rings. The van der Waals surface area contributed by atoms with Gasteiger partial charge in [0.15, 0.2) is 5.69 Å². The molecule has 0 aliphatic rings. The van der Waals surface area contributed by atoms with Crippen LogP contribution in [0.2, 0.25) is 0 Å². The maximum atomic E-state index is 11.1. The Morgan fingerprint density at radius 3 is 2.67 bits per heavy atom. The summed E-state index contributed by atoms with van der Waals surface area (Å²) in [5.74, 6) is 0.318. The molecule has 9 nitrogen and oxygen atoms in total. The van der Waals surface area contributed by atoms with Crippen LogP contribution >= 0.6 is 11.8 Å². The Labute approximate surface area is 140 Å². The lowest BCUT2D eigenvalue weighted by Gasteiger charge is -2.02. The number of aliphatic hydroxyl groups excluding tert-OH is 1. The van der Waals surface area contributed by atoms with Crippen LogP contribution in [0.1, 0.15) is 17.0 Å². The molecular formula is C14H13N3O6S. The quantitative estimate of drug-likeness (QED) is 0.457. The number of hydrogen-bond donors (Lipinski definition) is 1. The van der Waals surface area contributed by atoms with Gasteiger partial charge < -0.3 is 9.63 Å². The molecule has 0 unspecified atom stereocenters. The summed E-state index contributed by atoms with van der Waals surface area (Å²) in [5.41, 5.74) is 0.300. The normalized spacial score (nSPS) is 11.1. The molecule has 0 saturated carbocycles. The molecule has 2 aromatic rings. The zero-order valence-electron chi connectivity index (χ0n) is 12.5. The average molecular weight is 351 g/mol. The highest BCUT2D eigenvalue weighted by atomic mass is 32.2. The Morgan fingerprint density at radius 2 is 2.04 bits per heavy atom. The zero-order valence-corrected chi connectivity index (χ0v) is 13.4. The molecule has 0 amide bonds. The smallest absolute Gasteiger partial charge is 0.338 e. The molecule has 126 valence electrons. The van der Waals surface area contributed by atoms with Crippen LogP contribution in [0, 0.1) is 27.2 Å². The first kappa shape index (κ1) is 17.6. The number of benzene rings is 1. The van der Waals surface area contributed by atoms with E-state index in [0.717, 1.165) is 0 Å². The predicted molar refractivity (Wildman–Crippen MR) is 87.7 cm³/mol. The highest BCUT2D eigenvalue weighted by molar-refractivity contribution is 7.99. The van der Waals surface area contributed by atoms with E-state index in [4.69, 9.17) is 9.63 Å². The molecule has 0 radical (unpaired) electrons. The monoisotopic (exact) mass is 351 g/mol. The minimum absolute atomic E-state index is 0.0288.